The van der Waals surface area contributed by atoms with E-state index < -0.39 is 5.97 Å². The fourth-order valence-corrected chi connectivity index (χ4v) is 2.03. The van der Waals surface area contributed by atoms with Gasteiger partial charge in [0.15, 0.2) is 0 Å². The molecule has 1 unspecified atom stereocenters. The number of hydrogen-bond donors (Lipinski definition) is 1. The summed E-state index contributed by atoms with van der Waals surface area (Å²) < 4.78 is 10.7. The van der Waals surface area contributed by atoms with Crippen molar-refractivity contribution >= 4 is 11.9 Å². The Morgan fingerprint density at radius 2 is 2.05 bits per heavy atom. The zero-order valence-electron chi connectivity index (χ0n) is 11.4. The van der Waals surface area contributed by atoms with Crippen LogP contribution in [0.15, 0.2) is 12.2 Å². The number of hydrogen-bond acceptors (Lipinski definition) is 4. The number of rotatable bonds is 5. The predicted octanol–water partition coefficient (Wildman–Crippen LogP) is 0.670. The second-order valence-corrected chi connectivity index (χ2v) is 4.42. The highest BCUT2D eigenvalue weighted by atomic mass is 16.5. The number of carbonyl (C=O) groups excluding carboxylic acids is 1. The first-order valence-corrected chi connectivity index (χ1v) is 6.30. The molecule has 0 saturated heterocycles. The van der Waals surface area contributed by atoms with E-state index in [2.05, 4.69) is 0 Å². The van der Waals surface area contributed by atoms with Gasteiger partial charge in [-0.3, -0.25) is 9.59 Å². The van der Waals surface area contributed by atoms with Crippen molar-refractivity contribution in [1.82, 2.24) is 4.90 Å². The Kier molecular flexibility index (Phi) is 6.52. The molecule has 0 aliphatic carbocycles. The Hall–Kier alpha value is -1.40. The summed E-state index contributed by atoms with van der Waals surface area (Å²) in [7, 11) is 3.17. The van der Waals surface area contributed by atoms with Gasteiger partial charge in [-0.1, -0.05) is 12.2 Å². The fourth-order valence-electron chi connectivity index (χ4n) is 2.03. The molecular formula is C13H21NO5. The van der Waals surface area contributed by atoms with Gasteiger partial charge in [-0.15, -0.1) is 0 Å². The minimum atomic E-state index is -0.960. The lowest BCUT2D eigenvalue weighted by molar-refractivity contribution is -0.142. The highest BCUT2D eigenvalue weighted by Crippen LogP contribution is 2.13. The molecule has 19 heavy (non-hydrogen) atoms. The molecular weight excluding hydrogens is 250 g/mol. The molecule has 1 aliphatic rings. The standard InChI is InChI=1S/C13H21NO5/c1-18-10-5-3-4-8-14(9-11(10)19-2)12(15)6-7-13(16)17/h3,5,10-11H,4,6-9H2,1-2H3,(H,16,17)/t10-,11?/m0/s1. The first-order chi connectivity index (χ1) is 9.08. The highest BCUT2D eigenvalue weighted by molar-refractivity contribution is 5.80. The van der Waals surface area contributed by atoms with E-state index in [0.29, 0.717) is 13.1 Å². The summed E-state index contributed by atoms with van der Waals surface area (Å²) in [5.41, 5.74) is 0. The number of ether oxygens (including phenoxy) is 2. The number of aliphatic carboxylic acids is 1. The van der Waals surface area contributed by atoms with Gasteiger partial charge < -0.3 is 19.5 Å². The van der Waals surface area contributed by atoms with Gasteiger partial charge in [-0.25, -0.2) is 0 Å². The normalized spacial score (nSPS) is 23.8. The average molecular weight is 271 g/mol. The predicted molar refractivity (Wildman–Crippen MR) is 68.8 cm³/mol. The van der Waals surface area contributed by atoms with Gasteiger partial charge in [0.1, 0.15) is 12.2 Å². The van der Waals surface area contributed by atoms with E-state index in [4.69, 9.17) is 14.6 Å². The zero-order valence-corrected chi connectivity index (χ0v) is 11.4. The summed E-state index contributed by atoms with van der Waals surface area (Å²) in [6.45, 7) is 0.989. The van der Waals surface area contributed by atoms with Gasteiger partial charge in [0, 0.05) is 33.7 Å². The van der Waals surface area contributed by atoms with Gasteiger partial charge in [0.05, 0.1) is 6.42 Å². The molecule has 0 saturated carbocycles. The van der Waals surface area contributed by atoms with Crippen LogP contribution in [0.25, 0.3) is 0 Å². The summed E-state index contributed by atoms with van der Waals surface area (Å²) in [4.78, 5) is 24.1. The van der Waals surface area contributed by atoms with Crippen LogP contribution in [0, 0.1) is 0 Å². The number of carbonyl (C=O) groups is 2. The van der Waals surface area contributed by atoms with Crippen molar-refractivity contribution in [3.05, 3.63) is 12.2 Å². The molecule has 1 heterocycles. The topological polar surface area (TPSA) is 76.1 Å². The van der Waals surface area contributed by atoms with E-state index in [-0.39, 0.29) is 31.0 Å². The van der Waals surface area contributed by atoms with Crippen LogP contribution in [0.3, 0.4) is 0 Å². The number of nitrogens with zero attached hydrogens (tertiary/aromatic N) is 1. The van der Waals surface area contributed by atoms with Crippen molar-refractivity contribution in [3.8, 4) is 0 Å². The molecule has 0 radical (unpaired) electrons. The Morgan fingerprint density at radius 1 is 1.32 bits per heavy atom. The quantitative estimate of drug-likeness (QED) is 0.744. The van der Waals surface area contributed by atoms with Gasteiger partial charge in [-0.05, 0) is 6.42 Å². The van der Waals surface area contributed by atoms with Crippen molar-refractivity contribution in [1.29, 1.82) is 0 Å². The lowest BCUT2D eigenvalue weighted by Crippen LogP contribution is -2.44. The lowest BCUT2D eigenvalue weighted by Gasteiger charge is -2.31. The SMILES string of the molecule is COC1CN(C(=O)CCC(=O)O)CCC=C[C@@H]1OC. The van der Waals surface area contributed by atoms with Crippen LogP contribution >= 0.6 is 0 Å². The molecule has 0 fully saturated rings. The number of carboxylic acid groups (broad SMARTS) is 1. The van der Waals surface area contributed by atoms with Crippen LogP contribution in [0.4, 0.5) is 0 Å². The fraction of sp³-hybridized carbons (Fsp3) is 0.692. The van der Waals surface area contributed by atoms with Gasteiger partial charge in [0.2, 0.25) is 5.91 Å². The molecule has 0 aromatic rings. The molecule has 0 spiro atoms. The molecule has 6 nitrogen and oxygen atoms in total. The van der Waals surface area contributed by atoms with Gasteiger partial charge in [0.25, 0.3) is 0 Å². The van der Waals surface area contributed by atoms with Crippen molar-refractivity contribution in [2.24, 2.45) is 0 Å². The van der Waals surface area contributed by atoms with Crippen LogP contribution in [0.5, 0.6) is 0 Å². The van der Waals surface area contributed by atoms with Crippen LogP contribution in [0.2, 0.25) is 0 Å². The van der Waals surface area contributed by atoms with Crippen LogP contribution in [0.1, 0.15) is 19.3 Å². The van der Waals surface area contributed by atoms with E-state index in [0.717, 1.165) is 6.42 Å². The highest BCUT2D eigenvalue weighted by Gasteiger charge is 2.25. The third-order valence-electron chi connectivity index (χ3n) is 3.14. The number of carboxylic acids is 1. The summed E-state index contributed by atoms with van der Waals surface area (Å²) in [6, 6.07) is 0. The third kappa shape index (κ3) is 5.00. The molecule has 1 N–H and O–H groups in total. The Labute approximate surface area is 113 Å². The summed E-state index contributed by atoms with van der Waals surface area (Å²) >= 11 is 0. The molecule has 1 aliphatic heterocycles. The van der Waals surface area contributed by atoms with E-state index >= 15 is 0 Å². The molecule has 0 bridgehead atoms. The minimum Gasteiger partial charge on any atom is -0.481 e. The monoisotopic (exact) mass is 271 g/mol. The molecule has 108 valence electrons. The van der Waals surface area contributed by atoms with Crippen molar-refractivity contribution in [3.63, 3.8) is 0 Å². The first-order valence-electron chi connectivity index (χ1n) is 6.30. The van der Waals surface area contributed by atoms with Crippen LogP contribution < -0.4 is 0 Å². The molecule has 0 aromatic carbocycles. The van der Waals surface area contributed by atoms with Crippen molar-refractivity contribution < 1.29 is 24.2 Å². The van der Waals surface area contributed by atoms with E-state index in [1.54, 1.807) is 19.1 Å². The van der Waals surface area contributed by atoms with Crippen molar-refractivity contribution in [2.45, 2.75) is 31.5 Å². The maximum Gasteiger partial charge on any atom is 0.303 e. The second-order valence-electron chi connectivity index (χ2n) is 4.42. The van der Waals surface area contributed by atoms with E-state index in [1.165, 1.54) is 0 Å². The molecule has 6 heteroatoms. The summed E-state index contributed by atoms with van der Waals surface area (Å²) in [5.74, 6) is -1.12. The third-order valence-corrected chi connectivity index (χ3v) is 3.14. The van der Waals surface area contributed by atoms with Crippen LogP contribution in [-0.2, 0) is 19.1 Å². The van der Waals surface area contributed by atoms with Gasteiger partial charge in [-0.2, -0.15) is 0 Å². The zero-order chi connectivity index (χ0) is 14.3. The molecule has 0 aromatic heterocycles. The van der Waals surface area contributed by atoms with Crippen LogP contribution in [-0.4, -0.2) is 61.4 Å². The Bertz CT molecular complexity index is 342. The van der Waals surface area contributed by atoms with Gasteiger partial charge >= 0.3 is 5.97 Å². The first kappa shape index (κ1) is 15.7. The second kappa shape index (κ2) is 7.91. The minimum absolute atomic E-state index is 0.0210. The summed E-state index contributed by atoms with van der Waals surface area (Å²) in [6.07, 6.45) is 4.07. The number of methoxy groups -OCH3 is 2. The smallest absolute Gasteiger partial charge is 0.303 e. The van der Waals surface area contributed by atoms with E-state index in [1.807, 2.05) is 12.2 Å². The van der Waals surface area contributed by atoms with Crippen molar-refractivity contribution in [2.75, 3.05) is 27.3 Å². The molecule has 1 amide bonds. The lowest BCUT2D eigenvalue weighted by atomic mass is 10.1. The summed E-state index contributed by atoms with van der Waals surface area (Å²) in [5, 5.41) is 8.61. The number of amides is 1. The Balaban J connectivity index is 2.65. The molecule has 1 rings (SSSR count). The maximum absolute atomic E-state index is 12.0. The Morgan fingerprint density at radius 3 is 2.63 bits per heavy atom. The van der Waals surface area contributed by atoms with E-state index in [9.17, 15) is 9.59 Å². The average Bonchev–Trinajstić information content (AvgIpc) is 2.36. The molecule has 2 atom stereocenters. The largest absolute Gasteiger partial charge is 0.481 e. The maximum atomic E-state index is 12.0.